The first kappa shape index (κ1) is 15.6. The third-order valence-corrected chi connectivity index (χ3v) is 4.30. The maximum absolute atomic E-state index is 12.2. The Morgan fingerprint density at radius 1 is 1.04 bits per heavy atom. The molecule has 0 heterocycles. The van der Waals surface area contributed by atoms with E-state index in [9.17, 15) is 4.79 Å². The fourth-order valence-electron chi connectivity index (χ4n) is 3.17. The summed E-state index contributed by atoms with van der Waals surface area (Å²) in [6, 6.07) is 17.0. The molecule has 1 fully saturated rings. The van der Waals surface area contributed by atoms with E-state index in [1.165, 1.54) is 12.8 Å². The second kappa shape index (κ2) is 7.29. The van der Waals surface area contributed by atoms with Crippen molar-refractivity contribution in [2.45, 2.75) is 37.7 Å². The lowest BCUT2D eigenvalue weighted by Gasteiger charge is -2.18. The average Bonchev–Trinajstić information content (AvgIpc) is 3.09. The molecule has 1 aliphatic rings. The number of benzene rings is 2. The van der Waals surface area contributed by atoms with Gasteiger partial charge in [0.15, 0.2) is 0 Å². The van der Waals surface area contributed by atoms with E-state index in [1.54, 1.807) is 5.48 Å². The van der Waals surface area contributed by atoms with Crippen LogP contribution in [-0.2, 0) is 4.79 Å². The van der Waals surface area contributed by atoms with E-state index in [4.69, 9.17) is 9.94 Å². The second-order valence-electron chi connectivity index (χ2n) is 5.92. The molecule has 4 heteroatoms. The SMILES string of the molecule is O=C(NO)C(c1ccccc1)c1cccc(OC2CCCC2)c1. The molecular weight excluding hydrogens is 290 g/mol. The highest BCUT2D eigenvalue weighted by molar-refractivity contribution is 5.86. The van der Waals surface area contributed by atoms with Gasteiger partial charge in [0.25, 0.3) is 5.91 Å². The Kier molecular flexibility index (Phi) is 4.93. The van der Waals surface area contributed by atoms with Crippen molar-refractivity contribution in [1.82, 2.24) is 5.48 Å². The van der Waals surface area contributed by atoms with Crippen LogP contribution in [0.1, 0.15) is 42.7 Å². The van der Waals surface area contributed by atoms with Crippen molar-refractivity contribution < 1.29 is 14.7 Å². The van der Waals surface area contributed by atoms with Gasteiger partial charge in [0.05, 0.1) is 12.0 Å². The summed E-state index contributed by atoms with van der Waals surface area (Å²) in [4.78, 5) is 12.2. The number of rotatable bonds is 5. The lowest BCUT2D eigenvalue weighted by molar-refractivity contribution is -0.129. The highest BCUT2D eigenvalue weighted by Gasteiger charge is 2.23. The smallest absolute Gasteiger partial charge is 0.255 e. The molecule has 0 radical (unpaired) electrons. The molecular formula is C19H21NO3. The summed E-state index contributed by atoms with van der Waals surface area (Å²) in [5, 5.41) is 9.10. The molecule has 2 aromatic carbocycles. The number of hydrogen-bond donors (Lipinski definition) is 2. The Hall–Kier alpha value is -2.33. The quantitative estimate of drug-likeness (QED) is 0.654. The molecule has 1 amide bonds. The molecule has 2 N–H and O–H groups in total. The Labute approximate surface area is 136 Å². The average molecular weight is 311 g/mol. The molecule has 1 unspecified atom stereocenters. The molecule has 2 aromatic rings. The molecule has 120 valence electrons. The minimum absolute atomic E-state index is 0.270. The van der Waals surface area contributed by atoms with Gasteiger partial charge in [-0.3, -0.25) is 10.0 Å². The van der Waals surface area contributed by atoms with Crippen LogP contribution in [0.3, 0.4) is 0 Å². The zero-order valence-corrected chi connectivity index (χ0v) is 12.9. The lowest BCUT2D eigenvalue weighted by Crippen LogP contribution is -2.27. The van der Waals surface area contributed by atoms with E-state index in [0.29, 0.717) is 0 Å². The van der Waals surface area contributed by atoms with Gasteiger partial charge in [-0.25, -0.2) is 5.48 Å². The predicted molar refractivity (Wildman–Crippen MR) is 87.5 cm³/mol. The maximum atomic E-state index is 12.2. The predicted octanol–water partition coefficient (Wildman–Crippen LogP) is 3.65. The summed E-state index contributed by atoms with van der Waals surface area (Å²) in [6.45, 7) is 0. The van der Waals surface area contributed by atoms with E-state index in [-0.39, 0.29) is 6.10 Å². The van der Waals surface area contributed by atoms with Crippen molar-refractivity contribution in [1.29, 1.82) is 0 Å². The van der Waals surface area contributed by atoms with Crippen LogP contribution in [0.2, 0.25) is 0 Å². The van der Waals surface area contributed by atoms with Crippen molar-refractivity contribution in [3.05, 3.63) is 65.7 Å². The monoisotopic (exact) mass is 311 g/mol. The van der Waals surface area contributed by atoms with Gasteiger partial charge in [-0.1, -0.05) is 42.5 Å². The first-order valence-electron chi connectivity index (χ1n) is 8.03. The lowest BCUT2D eigenvalue weighted by atomic mass is 9.90. The molecule has 0 bridgehead atoms. The fourth-order valence-corrected chi connectivity index (χ4v) is 3.17. The zero-order chi connectivity index (χ0) is 16.1. The van der Waals surface area contributed by atoms with Crippen LogP contribution in [0.25, 0.3) is 0 Å². The Bertz CT molecular complexity index is 651. The van der Waals surface area contributed by atoms with Gasteiger partial charge >= 0.3 is 0 Å². The van der Waals surface area contributed by atoms with E-state index in [2.05, 4.69) is 0 Å². The minimum atomic E-state index is -0.562. The fraction of sp³-hybridized carbons (Fsp3) is 0.316. The number of amides is 1. The van der Waals surface area contributed by atoms with Crippen LogP contribution >= 0.6 is 0 Å². The number of carbonyl (C=O) groups is 1. The van der Waals surface area contributed by atoms with Crippen LogP contribution in [0, 0.1) is 0 Å². The maximum Gasteiger partial charge on any atom is 0.255 e. The first-order valence-corrected chi connectivity index (χ1v) is 8.03. The van der Waals surface area contributed by atoms with Crippen molar-refractivity contribution in [3.8, 4) is 5.75 Å². The Morgan fingerprint density at radius 2 is 1.74 bits per heavy atom. The Balaban J connectivity index is 1.88. The summed E-state index contributed by atoms with van der Waals surface area (Å²) in [6.07, 6.45) is 4.87. The van der Waals surface area contributed by atoms with Gasteiger partial charge in [-0.05, 0) is 48.9 Å². The largest absolute Gasteiger partial charge is 0.490 e. The van der Waals surface area contributed by atoms with Crippen molar-refractivity contribution in [2.75, 3.05) is 0 Å². The molecule has 1 aliphatic carbocycles. The minimum Gasteiger partial charge on any atom is -0.490 e. The van der Waals surface area contributed by atoms with E-state index < -0.39 is 11.8 Å². The topological polar surface area (TPSA) is 58.6 Å². The molecule has 0 saturated heterocycles. The van der Waals surface area contributed by atoms with E-state index in [0.717, 1.165) is 29.7 Å². The number of carbonyl (C=O) groups excluding carboxylic acids is 1. The molecule has 23 heavy (non-hydrogen) atoms. The van der Waals surface area contributed by atoms with E-state index >= 15 is 0 Å². The second-order valence-corrected chi connectivity index (χ2v) is 5.92. The van der Waals surface area contributed by atoms with Crippen LogP contribution in [0.4, 0.5) is 0 Å². The van der Waals surface area contributed by atoms with Crippen molar-refractivity contribution >= 4 is 5.91 Å². The number of nitrogens with one attached hydrogen (secondary N) is 1. The molecule has 3 rings (SSSR count). The summed E-state index contributed by atoms with van der Waals surface area (Å²) in [7, 11) is 0. The normalized spacial score (nSPS) is 16.0. The number of ether oxygens (including phenoxy) is 1. The molecule has 4 nitrogen and oxygen atoms in total. The number of hydroxylamine groups is 1. The highest BCUT2D eigenvalue weighted by Crippen LogP contribution is 2.30. The summed E-state index contributed by atoms with van der Waals surface area (Å²) < 4.78 is 6.02. The van der Waals surface area contributed by atoms with Gasteiger partial charge in [0.2, 0.25) is 0 Å². The highest BCUT2D eigenvalue weighted by atomic mass is 16.5. The first-order chi connectivity index (χ1) is 11.3. The third-order valence-electron chi connectivity index (χ3n) is 4.30. The molecule has 0 aromatic heterocycles. The van der Waals surface area contributed by atoms with Crippen LogP contribution in [-0.4, -0.2) is 17.2 Å². The Morgan fingerprint density at radius 3 is 2.43 bits per heavy atom. The van der Waals surface area contributed by atoms with Gasteiger partial charge in [-0.15, -0.1) is 0 Å². The van der Waals surface area contributed by atoms with Gasteiger partial charge in [0.1, 0.15) is 5.75 Å². The van der Waals surface area contributed by atoms with Gasteiger partial charge in [0, 0.05) is 0 Å². The molecule has 1 atom stereocenters. The van der Waals surface area contributed by atoms with Crippen molar-refractivity contribution in [2.24, 2.45) is 0 Å². The van der Waals surface area contributed by atoms with Crippen molar-refractivity contribution in [3.63, 3.8) is 0 Å². The number of hydrogen-bond acceptors (Lipinski definition) is 3. The summed E-state index contributed by atoms with van der Waals surface area (Å²) in [5.41, 5.74) is 3.41. The standard InChI is InChI=1S/C19H21NO3/c21-19(20-22)18(14-7-2-1-3-8-14)15-9-6-12-17(13-15)23-16-10-4-5-11-16/h1-3,6-9,12-13,16,18,22H,4-5,10-11H2,(H,20,21). The van der Waals surface area contributed by atoms with Gasteiger partial charge < -0.3 is 4.74 Å². The van der Waals surface area contributed by atoms with Gasteiger partial charge in [-0.2, -0.15) is 0 Å². The molecule has 1 saturated carbocycles. The van der Waals surface area contributed by atoms with Crippen LogP contribution < -0.4 is 10.2 Å². The zero-order valence-electron chi connectivity index (χ0n) is 12.9. The van der Waals surface area contributed by atoms with E-state index in [1.807, 2.05) is 54.6 Å². The summed E-state index contributed by atoms with van der Waals surface area (Å²) >= 11 is 0. The summed E-state index contributed by atoms with van der Waals surface area (Å²) in [5.74, 6) is -0.233. The van der Waals surface area contributed by atoms with Crippen LogP contribution in [0.15, 0.2) is 54.6 Å². The third kappa shape index (κ3) is 3.71. The molecule has 0 spiro atoms. The van der Waals surface area contributed by atoms with Crippen LogP contribution in [0.5, 0.6) is 5.75 Å². The molecule has 0 aliphatic heterocycles.